The van der Waals surface area contributed by atoms with Crippen LogP contribution in [0.1, 0.15) is 44.6 Å². The van der Waals surface area contributed by atoms with Crippen LogP contribution in [0.15, 0.2) is 18.2 Å². The molecule has 2 N–H and O–H groups in total. The normalized spacial score (nSPS) is 14.8. The van der Waals surface area contributed by atoms with Crippen molar-refractivity contribution in [3.05, 3.63) is 23.8 Å². The molecule has 0 unspecified atom stereocenters. The number of nitrogen functional groups attached to an aromatic ring is 1. The molecule has 1 aliphatic rings. The van der Waals surface area contributed by atoms with Crippen LogP contribution in [0.2, 0.25) is 0 Å². The zero-order chi connectivity index (χ0) is 12.1. The van der Waals surface area contributed by atoms with E-state index in [4.69, 9.17) is 5.73 Å². The van der Waals surface area contributed by atoms with E-state index in [2.05, 4.69) is 24.0 Å². The van der Waals surface area contributed by atoms with Crippen LogP contribution in [-0.4, -0.2) is 13.1 Å². The van der Waals surface area contributed by atoms with Crippen molar-refractivity contribution in [2.45, 2.75) is 45.4 Å². The number of benzene rings is 1. The van der Waals surface area contributed by atoms with E-state index >= 15 is 0 Å². The molecule has 0 radical (unpaired) electrons. The summed E-state index contributed by atoms with van der Waals surface area (Å²) in [5.41, 5.74) is 9.78. The Morgan fingerprint density at radius 2 is 2.12 bits per heavy atom. The summed E-state index contributed by atoms with van der Waals surface area (Å²) in [5.74, 6) is 0. The number of anilines is 2. The summed E-state index contributed by atoms with van der Waals surface area (Å²) in [4.78, 5) is 2.52. The lowest BCUT2D eigenvalue weighted by Crippen LogP contribution is -2.30. The van der Waals surface area contributed by atoms with Crippen molar-refractivity contribution in [1.82, 2.24) is 0 Å². The molecular weight excluding hydrogens is 208 g/mol. The number of hydrogen-bond acceptors (Lipinski definition) is 2. The molecule has 2 rings (SSSR count). The molecule has 1 aromatic rings. The topological polar surface area (TPSA) is 29.3 Å². The molecule has 0 amide bonds. The van der Waals surface area contributed by atoms with E-state index in [1.807, 2.05) is 6.07 Å². The van der Waals surface area contributed by atoms with Crippen molar-refractivity contribution < 1.29 is 0 Å². The molecule has 2 heteroatoms. The fraction of sp³-hybridized carbons (Fsp3) is 0.600. The first-order chi connectivity index (χ1) is 8.33. The summed E-state index contributed by atoms with van der Waals surface area (Å²) in [6.45, 7) is 4.65. The zero-order valence-corrected chi connectivity index (χ0v) is 10.9. The van der Waals surface area contributed by atoms with Gasteiger partial charge >= 0.3 is 0 Å². The highest BCUT2D eigenvalue weighted by Crippen LogP contribution is 2.31. The summed E-state index contributed by atoms with van der Waals surface area (Å²) < 4.78 is 0. The van der Waals surface area contributed by atoms with Gasteiger partial charge < -0.3 is 10.6 Å². The van der Waals surface area contributed by atoms with Gasteiger partial charge in [0, 0.05) is 24.5 Å². The van der Waals surface area contributed by atoms with Crippen molar-refractivity contribution in [2.75, 3.05) is 23.7 Å². The zero-order valence-electron chi connectivity index (χ0n) is 10.9. The molecular formula is C15H24N2. The van der Waals surface area contributed by atoms with Gasteiger partial charge in [0.05, 0.1) is 0 Å². The van der Waals surface area contributed by atoms with Crippen molar-refractivity contribution in [3.63, 3.8) is 0 Å². The van der Waals surface area contributed by atoms with E-state index in [9.17, 15) is 0 Å². The number of nitrogens with two attached hydrogens (primary N) is 1. The number of fused-ring (bicyclic) bond motifs is 1. The molecule has 2 nitrogen and oxygen atoms in total. The summed E-state index contributed by atoms with van der Waals surface area (Å²) >= 11 is 0. The highest BCUT2D eigenvalue weighted by Gasteiger charge is 2.17. The molecule has 0 fully saturated rings. The van der Waals surface area contributed by atoms with Crippen LogP contribution in [0.3, 0.4) is 0 Å². The third-order valence-electron chi connectivity index (χ3n) is 3.66. The van der Waals surface area contributed by atoms with Crippen molar-refractivity contribution >= 4 is 11.4 Å². The van der Waals surface area contributed by atoms with Crippen LogP contribution in [0.25, 0.3) is 0 Å². The Hall–Kier alpha value is -1.18. The molecule has 0 saturated carbocycles. The van der Waals surface area contributed by atoms with E-state index in [-0.39, 0.29) is 0 Å². The molecule has 1 heterocycles. The summed E-state index contributed by atoms with van der Waals surface area (Å²) in [5, 5.41) is 0. The Morgan fingerprint density at radius 1 is 1.24 bits per heavy atom. The van der Waals surface area contributed by atoms with Gasteiger partial charge in [-0.1, -0.05) is 32.3 Å². The first-order valence-corrected chi connectivity index (χ1v) is 6.95. The van der Waals surface area contributed by atoms with Gasteiger partial charge in [-0.2, -0.15) is 0 Å². The van der Waals surface area contributed by atoms with Gasteiger partial charge in [-0.3, -0.25) is 0 Å². The second-order valence-electron chi connectivity index (χ2n) is 5.00. The van der Waals surface area contributed by atoms with E-state index in [1.54, 1.807) is 0 Å². The van der Waals surface area contributed by atoms with E-state index in [0.717, 1.165) is 12.1 Å². The molecule has 0 bridgehead atoms. The van der Waals surface area contributed by atoms with Gasteiger partial charge in [-0.15, -0.1) is 0 Å². The Morgan fingerprint density at radius 3 is 2.94 bits per heavy atom. The lowest BCUT2D eigenvalue weighted by molar-refractivity contribution is 0.619. The van der Waals surface area contributed by atoms with E-state index in [1.165, 1.54) is 56.4 Å². The van der Waals surface area contributed by atoms with Crippen LogP contribution in [0.5, 0.6) is 0 Å². The molecule has 94 valence electrons. The van der Waals surface area contributed by atoms with Gasteiger partial charge in [0.1, 0.15) is 0 Å². The predicted molar refractivity (Wildman–Crippen MR) is 75.5 cm³/mol. The molecule has 0 aliphatic carbocycles. The first kappa shape index (κ1) is 12.3. The molecule has 1 aromatic carbocycles. The van der Waals surface area contributed by atoms with Crippen molar-refractivity contribution in [2.24, 2.45) is 0 Å². The van der Waals surface area contributed by atoms with Gasteiger partial charge in [0.2, 0.25) is 0 Å². The van der Waals surface area contributed by atoms with Crippen LogP contribution < -0.4 is 10.6 Å². The first-order valence-electron chi connectivity index (χ1n) is 6.95. The molecule has 0 aromatic heterocycles. The van der Waals surface area contributed by atoms with Crippen molar-refractivity contribution in [1.29, 1.82) is 0 Å². The third-order valence-corrected chi connectivity index (χ3v) is 3.66. The van der Waals surface area contributed by atoms with Crippen molar-refractivity contribution in [3.8, 4) is 0 Å². The summed E-state index contributed by atoms with van der Waals surface area (Å²) in [7, 11) is 0. The maximum atomic E-state index is 6.05. The predicted octanol–water partition coefficient (Wildman–Crippen LogP) is 3.60. The Balaban J connectivity index is 1.99. The monoisotopic (exact) mass is 232 g/mol. The molecule has 0 spiro atoms. The second kappa shape index (κ2) is 5.95. The minimum Gasteiger partial charge on any atom is -0.398 e. The smallest absolute Gasteiger partial charge is 0.0419 e. The molecule has 1 aliphatic heterocycles. The van der Waals surface area contributed by atoms with Gasteiger partial charge in [-0.25, -0.2) is 0 Å². The maximum absolute atomic E-state index is 6.05. The average Bonchev–Trinajstić information content (AvgIpc) is 2.36. The summed E-state index contributed by atoms with van der Waals surface area (Å²) in [6, 6.07) is 6.34. The van der Waals surface area contributed by atoms with Gasteiger partial charge in [0.25, 0.3) is 0 Å². The minimum absolute atomic E-state index is 0.973. The molecule has 0 saturated heterocycles. The Labute approximate surface area is 105 Å². The quantitative estimate of drug-likeness (QED) is 0.621. The summed E-state index contributed by atoms with van der Waals surface area (Å²) in [6.07, 6.45) is 7.72. The maximum Gasteiger partial charge on any atom is 0.0419 e. The lowest BCUT2D eigenvalue weighted by atomic mass is 9.99. The van der Waals surface area contributed by atoms with E-state index in [0.29, 0.717) is 0 Å². The van der Waals surface area contributed by atoms with Crippen LogP contribution in [-0.2, 0) is 6.42 Å². The average molecular weight is 232 g/mol. The number of unbranched alkanes of at least 4 members (excludes halogenated alkanes) is 3. The number of nitrogens with zero attached hydrogens (tertiary/aromatic N) is 1. The van der Waals surface area contributed by atoms with Crippen LogP contribution in [0, 0.1) is 0 Å². The third kappa shape index (κ3) is 2.93. The highest BCUT2D eigenvalue weighted by molar-refractivity contribution is 5.66. The standard InChI is InChI=1S/C15H24N2/c1-2-3-4-5-11-17-12-7-8-13-14(16)9-6-10-15(13)17/h6,9-10H,2-5,7-8,11-12,16H2,1H3. The minimum atomic E-state index is 0.973. The SMILES string of the molecule is CCCCCCN1CCCc2c(N)cccc21. The van der Waals surface area contributed by atoms with Gasteiger partial charge in [0.15, 0.2) is 0 Å². The second-order valence-corrected chi connectivity index (χ2v) is 5.00. The van der Waals surface area contributed by atoms with Gasteiger partial charge in [-0.05, 0) is 37.0 Å². The fourth-order valence-electron chi connectivity index (χ4n) is 2.69. The fourth-order valence-corrected chi connectivity index (χ4v) is 2.69. The number of hydrogen-bond donors (Lipinski definition) is 1. The Bertz CT molecular complexity index is 360. The highest BCUT2D eigenvalue weighted by atomic mass is 15.1. The molecule has 0 atom stereocenters. The van der Waals surface area contributed by atoms with Crippen LogP contribution >= 0.6 is 0 Å². The largest absolute Gasteiger partial charge is 0.398 e. The van der Waals surface area contributed by atoms with Crippen LogP contribution in [0.4, 0.5) is 11.4 Å². The number of rotatable bonds is 5. The van der Waals surface area contributed by atoms with E-state index < -0.39 is 0 Å². The molecule has 17 heavy (non-hydrogen) atoms. The Kier molecular flexibility index (Phi) is 4.29. The lowest BCUT2D eigenvalue weighted by Gasteiger charge is -2.32.